The van der Waals surface area contributed by atoms with Gasteiger partial charge in [0.25, 0.3) is 10.0 Å². The van der Waals surface area contributed by atoms with Crippen molar-refractivity contribution in [2.24, 2.45) is 0 Å². The number of sulfonamides is 1. The molecule has 0 N–H and O–H groups in total. The van der Waals surface area contributed by atoms with E-state index in [0.717, 1.165) is 16.9 Å². The van der Waals surface area contributed by atoms with E-state index in [2.05, 4.69) is 0 Å². The summed E-state index contributed by atoms with van der Waals surface area (Å²) in [5.74, 6) is -0.0153. The molecule has 4 rings (SSSR count). The Morgan fingerprint density at radius 3 is 2.50 bits per heavy atom. The number of rotatable bonds is 6. The number of morpholine rings is 1. The Balaban J connectivity index is 1.56. The Morgan fingerprint density at radius 2 is 1.81 bits per heavy atom. The average molecular weight is 476 g/mol. The summed E-state index contributed by atoms with van der Waals surface area (Å²) >= 11 is 0.985. The number of ether oxygens (including phenoxy) is 1. The van der Waals surface area contributed by atoms with Gasteiger partial charge in [-0.15, -0.1) is 0 Å². The summed E-state index contributed by atoms with van der Waals surface area (Å²) < 4.78 is 34.9. The van der Waals surface area contributed by atoms with Crippen molar-refractivity contribution >= 4 is 43.2 Å². The molecule has 2 aromatic carbocycles. The van der Waals surface area contributed by atoms with Gasteiger partial charge in [0, 0.05) is 33.1 Å². The van der Waals surface area contributed by atoms with Gasteiger partial charge in [-0.25, -0.2) is 8.42 Å². The zero-order valence-corrected chi connectivity index (χ0v) is 19.6. The molecule has 1 saturated heterocycles. The zero-order valence-electron chi connectivity index (χ0n) is 18.0. The van der Waals surface area contributed by atoms with Gasteiger partial charge in [0.2, 0.25) is 5.91 Å². The van der Waals surface area contributed by atoms with E-state index >= 15 is 0 Å². The molecule has 170 valence electrons. The van der Waals surface area contributed by atoms with E-state index in [4.69, 9.17) is 4.74 Å². The van der Waals surface area contributed by atoms with Crippen LogP contribution in [0.15, 0.2) is 52.2 Å². The summed E-state index contributed by atoms with van der Waals surface area (Å²) in [6, 6.07) is 11.9. The quantitative estimate of drug-likeness (QED) is 0.546. The highest BCUT2D eigenvalue weighted by molar-refractivity contribution is 7.92. The predicted molar refractivity (Wildman–Crippen MR) is 125 cm³/mol. The number of aromatic nitrogens is 1. The molecular weight excluding hydrogens is 450 g/mol. The van der Waals surface area contributed by atoms with Gasteiger partial charge in [-0.05, 0) is 37.3 Å². The topological polar surface area (TPSA) is 88.9 Å². The van der Waals surface area contributed by atoms with Gasteiger partial charge in [0.15, 0.2) is 0 Å². The Bertz CT molecular complexity index is 1290. The van der Waals surface area contributed by atoms with Crippen LogP contribution in [0.4, 0.5) is 5.69 Å². The maximum Gasteiger partial charge on any atom is 0.308 e. The molecule has 0 aliphatic carbocycles. The maximum absolute atomic E-state index is 13.1. The highest BCUT2D eigenvalue weighted by Gasteiger charge is 2.23. The molecule has 3 aromatic rings. The molecule has 0 bridgehead atoms. The van der Waals surface area contributed by atoms with Gasteiger partial charge < -0.3 is 9.64 Å². The largest absolute Gasteiger partial charge is 0.378 e. The second-order valence-corrected chi connectivity index (χ2v) is 10.7. The summed E-state index contributed by atoms with van der Waals surface area (Å²) in [7, 11) is -2.28. The third-order valence-electron chi connectivity index (χ3n) is 5.61. The van der Waals surface area contributed by atoms with E-state index in [1.54, 1.807) is 27.7 Å². The van der Waals surface area contributed by atoms with Crippen molar-refractivity contribution in [3.8, 4) is 0 Å². The van der Waals surface area contributed by atoms with Crippen molar-refractivity contribution in [3.63, 3.8) is 0 Å². The first-order valence-corrected chi connectivity index (χ1v) is 12.6. The molecule has 10 heteroatoms. The van der Waals surface area contributed by atoms with Crippen LogP contribution in [-0.4, -0.2) is 57.1 Å². The number of nitrogens with zero attached hydrogens (tertiary/aromatic N) is 3. The highest BCUT2D eigenvalue weighted by atomic mass is 32.2. The Kier molecular flexibility index (Phi) is 6.36. The third kappa shape index (κ3) is 4.43. The molecule has 0 radical (unpaired) electrons. The van der Waals surface area contributed by atoms with Gasteiger partial charge in [0.05, 0.1) is 34.0 Å². The number of carbonyl (C=O) groups is 1. The normalized spacial score (nSPS) is 14.6. The maximum atomic E-state index is 13.1. The third-order valence-corrected chi connectivity index (χ3v) is 8.33. The first-order valence-electron chi connectivity index (χ1n) is 10.3. The summed E-state index contributed by atoms with van der Waals surface area (Å²) in [5, 5.41) is 0. The van der Waals surface area contributed by atoms with Gasteiger partial charge in [-0.1, -0.05) is 29.0 Å². The molecule has 1 aliphatic heterocycles. The molecule has 1 aromatic heterocycles. The Labute approximate surface area is 190 Å². The lowest BCUT2D eigenvalue weighted by molar-refractivity contribution is -0.135. The molecule has 1 aliphatic rings. The van der Waals surface area contributed by atoms with Crippen LogP contribution in [0.3, 0.4) is 0 Å². The predicted octanol–water partition coefficient (Wildman–Crippen LogP) is 2.45. The van der Waals surface area contributed by atoms with E-state index < -0.39 is 10.0 Å². The molecule has 32 heavy (non-hydrogen) atoms. The first kappa shape index (κ1) is 22.5. The molecule has 0 saturated carbocycles. The molecule has 1 fully saturated rings. The van der Waals surface area contributed by atoms with E-state index in [9.17, 15) is 18.0 Å². The van der Waals surface area contributed by atoms with Crippen LogP contribution in [0.5, 0.6) is 0 Å². The van der Waals surface area contributed by atoms with Crippen LogP contribution in [-0.2, 0) is 26.1 Å². The van der Waals surface area contributed by atoms with Crippen LogP contribution < -0.4 is 9.18 Å². The lowest BCUT2D eigenvalue weighted by Gasteiger charge is -2.26. The molecular formula is C22H25N3O5S2. The van der Waals surface area contributed by atoms with Crippen molar-refractivity contribution < 1.29 is 17.9 Å². The molecule has 8 nitrogen and oxygen atoms in total. The molecule has 2 heterocycles. The number of hydrogen-bond acceptors (Lipinski definition) is 6. The van der Waals surface area contributed by atoms with Gasteiger partial charge in [0.1, 0.15) is 0 Å². The molecule has 0 atom stereocenters. The number of aryl methyl sites for hydroxylation is 2. The molecule has 0 spiro atoms. The fraction of sp³-hybridized carbons (Fsp3) is 0.364. The number of thiazole rings is 1. The Hall–Kier alpha value is -2.69. The average Bonchev–Trinajstić information content (AvgIpc) is 3.12. The number of carbonyl (C=O) groups excluding carboxylic acids is 1. The van der Waals surface area contributed by atoms with Crippen molar-refractivity contribution in [2.45, 2.75) is 24.8 Å². The summed E-state index contributed by atoms with van der Waals surface area (Å²) in [5.41, 5.74) is 2.23. The van der Waals surface area contributed by atoms with Crippen LogP contribution in [0, 0.1) is 6.92 Å². The summed E-state index contributed by atoms with van der Waals surface area (Å²) in [4.78, 5) is 26.6. The second kappa shape index (κ2) is 9.05. The van der Waals surface area contributed by atoms with E-state index in [0.29, 0.717) is 42.2 Å². The minimum absolute atomic E-state index is 0.0153. The van der Waals surface area contributed by atoms with Gasteiger partial charge in [-0.3, -0.25) is 18.5 Å². The smallest absolute Gasteiger partial charge is 0.308 e. The fourth-order valence-electron chi connectivity index (χ4n) is 3.65. The number of benzene rings is 2. The minimum atomic E-state index is -3.78. The minimum Gasteiger partial charge on any atom is -0.378 e. The number of anilines is 1. The lowest BCUT2D eigenvalue weighted by Crippen LogP contribution is -2.41. The zero-order chi connectivity index (χ0) is 22.9. The van der Waals surface area contributed by atoms with Crippen LogP contribution in [0.2, 0.25) is 0 Å². The van der Waals surface area contributed by atoms with Crippen LogP contribution >= 0.6 is 11.3 Å². The number of fused-ring (bicyclic) bond motifs is 1. The fourth-order valence-corrected chi connectivity index (χ4v) is 5.90. The van der Waals surface area contributed by atoms with Crippen LogP contribution in [0.25, 0.3) is 10.2 Å². The molecule has 0 unspecified atom stereocenters. The summed E-state index contributed by atoms with van der Waals surface area (Å²) in [6.07, 6.45) is 0.210. The van der Waals surface area contributed by atoms with Gasteiger partial charge in [-0.2, -0.15) is 0 Å². The SMILES string of the molecule is Cc1ccc(N(C)S(=O)(=O)c2ccc3c(c2)sc(=O)n3CCC(=O)N2CCOCC2)cc1. The van der Waals surface area contributed by atoms with E-state index in [1.807, 2.05) is 19.1 Å². The Morgan fingerprint density at radius 1 is 1.12 bits per heavy atom. The molecule has 1 amide bonds. The highest BCUT2D eigenvalue weighted by Crippen LogP contribution is 2.26. The summed E-state index contributed by atoms with van der Waals surface area (Å²) in [6.45, 7) is 4.38. The van der Waals surface area contributed by atoms with Crippen molar-refractivity contribution in [2.75, 3.05) is 37.7 Å². The van der Waals surface area contributed by atoms with E-state index in [-0.39, 0.29) is 28.6 Å². The van der Waals surface area contributed by atoms with Crippen molar-refractivity contribution in [3.05, 3.63) is 57.7 Å². The van der Waals surface area contributed by atoms with Gasteiger partial charge >= 0.3 is 4.87 Å². The second-order valence-electron chi connectivity index (χ2n) is 7.70. The van der Waals surface area contributed by atoms with Crippen molar-refractivity contribution in [1.29, 1.82) is 0 Å². The standard InChI is InChI=1S/C22H25N3O5S2/c1-16-3-5-17(6-4-16)23(2)32(28,29)18-7-8-19-20(15-18)31-22(27)25(19)10-9-21(26)24-11-13-30-14-12-24/h3-8,15H,9-14H2,1-2H3. The lowest BCUT2D eigenvalue weighted by atomic mass is 10.2. The first-order chi connectivity index (χ1) is 15.3. The van der Waals surface area contributed by atoms with Crippen molar-refractivity contribution in [1.82, 2.24) is 9.47 Å². The van der Waals surface area contributed by atoms with Crippen LogP contribution in [0.1, 0.15) is 12.0 Å². The number of amides is 1. The van der Waals surface area contributed by atoms with E-state index in [1.165, 1.54) is 23.5 Å². The number of hydrogen-bond donors (Lipinski definition) is 0. The monoisotopic (exact) mass is 475 g/mol.